The number of aliphatic hydroxyl groups excluding tert-OH is 1. The van der Waals surface area contributed by atoms with Gasteiger partial charge in [-0.2, -0.15) is 0 Å². The number of fused-ring (bicyclic) bond motifs is 1. The van der Waals surface area contributed by atoms with Crippen molar-refractivity contribution in [3.63, 3.8) is 0 Å². The molecule has 2 aromatic rings. The summed E-state index contributed by atoms with van der Waals surface area (Å²) < 4.78 is 12.8. The number of carbonyl (C=O) groups excluding carboxylic acids is 2. The van der Waals surface area contributed by atoms with E-state index in [0.29, 0.717) is 35.7 Å². The van der Waals surface area contributed by atoms with Crippen LogP contribution in [0, 0.1) is 11.8 Å². The van der Waals surface area contributed by atoms with Crippen molar-refractivity contribution in [3.05, 3.63) is 53.9 Å². The zero-order valence-electron chi connectivity index (χ0n) is 27.0. The van der Waals surface area contributed by atoms with Crippen molar-refractivity contribution in [3.8, 4) is 5.75 Å². The van der Waals surface area contributed by atoms with Crippen LogP contribution in [-0.4, -0.2) is 89.9 Å². The summed E-state index contributed by atoms with van der Waals surface area (Å²) in [6, 6.07) is 8.07. The van der Waals surface area contributed by atoms with Crippen molar-refractivity contribution >= 4 is 17.5 Å². The summed E-state index contributed by atoms with van der Waals surface area (Å²) in [6.07, 6.45) is 12.3. The first-order valence-electron chi connectivity index (χ1n) is 16.5. The second kappa shape index (κ2) is 16.9. The molecular weight excluding hydrogens is 556 g/mol. The van der Waals surface area contributed by atoms with Gasteiger partial charge in [0.1, 0.15) is 5.75 Å². The van der Waals surface area contributed by atoms with Gasteiger partial charge in [-0.1, -0.05) is 26.2 Å². The number of aromatic nitrogens is 1. The summed E-state index contributed by atoms with van der Waals surface area (Å²) in [5.74, 6) is 0.710. The normalized spacial score (nSPS) is 23.4. The lowest BCUT2D eigenvalue weighted by molar-refractivity contribution is -0.0190. The lowest BCUT2D eigenvalue weighted by Crippen LogP contribution is -2.47. The SMILES string of the molecule is C[C@@H]1CCCCO[C@H](CN(C)CC2CCCCC2)[C@H](C)CN([C@@H](C)CO)C(=O)c2cc(NC(=O)c3ccncc3)ccc2O1. The van der Waals surface area contributed by atoms with E-state index in [1.807, 2.05) is 13.8 Å². The third-order valence-electron chi connectivity index (χ3n) is 9.04. The highest BCUT2D eigenvalue weighted by molar-refractivity contribution is 6.05. The van der Waals surface area contributed by atoms with Gasteiger partial charge in [0.15, 0.2) is 0 Å². The molecule has 0 unspecified atom stereocenters. The minimum atomic E-state index is -0.418. The van der Waals surface area contributed by atoms with Crippen LogP contribution < -0.4 is 10.1 Å². The molecule has 242 valence electrons. The Bertz CT molecular complexity index is 1190. The maximum Gasteiger partial charge on any atom is 0.258 e. The predicted molar refractivity (Wildman–Crippen MR) is 173 cm³/mol. The molecule has 2 aliphatic rings. The topological polar surface area (TPSA) is 104 Å². The van der Waals surface area contributed by atoms with E-state index < -0.39 is 6.04 Å². The molecule has 2 heterocycles. The van der Waals surface area contributed by atoms with E-state index in [1.165, 1.54) is 32.1 Å². The first kappa shape index (κ1) is 33.9. The zero-order chi connectivity index (χ0) is 31.5. The van der Waals surface area contributed by atoms with Gasteiger partial charge in [0.2, 0.25) is 0 Å². The maximum atomic E-state index is 14.3. The van der Waals surface area contributed by atoms with Crippen molar-refractivity contribution in [2.75, 3.05) is 45.2 Å². The number of ether oxygens (including phenoxy) is 2. The second-order valence-electron chi connectivity index (χ2n) is 12.9. The minimum Gasteiger partial charge on any atom is -0.490 e. The van der Waals surface area contributed by atoms with E-state index in [9.17, 15) is 14.7 Å². The molecule has 4 atom stereocenters. The summed E-state index contributed by atoms with van der Waals surface area (Å²) in [5.41, 5.74) is 1.33. The number of nitrogens with one attached hydrogen (secondary N) is 1. The lowest BCUT2D eigenvalue weighted by atomic mass is 9.89. The number of pyridine rings is 1. The summed E-state index contributed by atoms with van der Waals surface area (Å²) in [5, 5.41) is 13.1. The van der Waals surface area contributed by atoms with Gasteiger partial charge >= 0.3 is 0 Å². The molecule has 0 radical (unpaired) electrons. The summed E-state index contributed by atoms with van der Waals surface area (Å²) in [4.78, 5) is 35.3. The predicted octanol–water partition coefficient (Wildman–Crippen LogP) is 5.64. The van der Waals surface area contributed by atoms with Crippen LogP contribution >= 0.6 is 0 Å². The largest absolute Gasteiger partial charge is 0.490 e. The van der Waals surface area contributed by atoms with Crippen molar-refractivity contribution in [2.24, 2.45) is 11.8 Å². The Morgan fingerprint density at radius 1 is 1.07 bits per heavy atom. The third kappa shape index (κ3) is 9.74. The molecule has 0 spiro atoms. The number of aliphatic hydroxyl groups is 1. The molecule has 9 nitrogen and oxygen atoms in total. The lowest BCUT2D eigenvalue weighted by Gasteiger charge is -2.36. The first-order chi connectivity index (χ1) is 21.2. The minimum absolute atomic E-state index is 0.0302. The Morgan fingerprint density at radius 2 is 1.80 bits per heavy atom. The maximum absolute atomic E-state index is 14.3. The van der Waals surface area contributed by atoms with Crippen LogP contribution in [0.3, 0.4) is 0 Å². The van der Waals surface area contributed by atoms with Gasteiger partial charge in [-0.15, -0.1) is 0 Å². The number of hydrogen-bond donors (Lipinski definition) is 2. The number of rotatable bonds is 8. The van der Waals surface area contributed by atoms with Crippen molar-refractivity contribution < 1.29 is 24.2 Å². The quantitative estimate of drug-likeness (QED) is 0.400. The van der Waals surface area contributed by atoms with Crippen molar-refractivity contribution in [2.45, 2.75) is 90.4 Å². The van der Waals surface area contributed by atoms with Gasteiger partial charge in [-0.25, -0.2) is 0 Å². The Labute approximate surface area is 263 Å². The highest BCUT2D eigenvalue weighted by atomic mass is 16.5. The molecule has 2 N–H and O–H groups in total. The highest BCUT2D eigenvalue weighted by Gasteiger charge is 2.31. The Morgan fingerprint density at radius 3 is 2.52 bits per heavy atom. The Hall–Kier alpha value is -3.01. The van der Waals surface area contributed by atoms with E-state index >= 15 is 0 Å². The standard InChI is InChI=1S/C35H52N4O5/c1-25-21-39(26(2)24-40)35(42)31-20-30(37-34(41)29-15-17-36-18-16-29)13-14-32(31)44-27(3)10-8-9-19-43-33(25)23-38(4)22-28-11-6-5-7-12-28/h13-18,20,25-28,33,40H,5-12,19,21-24H2,1-4H3,(H,37,41)/t25-,26+,27-,33-/m1/s1. The van der Waals surface area contributed by atoms with Gasteiger partial charge < -0.3 is 29.7 Å². The molecule has 4 rings (SSSR count). The molecule has 1 aliphatic carbocycles. The number of likely N-dealkylation sites (N-methyl/N-ethyl adjacent to an activating group) is 1. The Balaban J connectivity index is 1.59. The van der Waals surface area contributed by atoms with Crippen molar-refractivity contribution in [1.82, 2.24) is 14.8 Å². The van der Waals surface area contributed by atoms with Crippen LogP contribution in [0.25, 0.3) is 0 Å². The highest BCUT2D eigenvalue weighted by Crippen LogP contribution is 2.29. The molecule has 1 aromatic carbocycles. The first-order valence-corrected chi connectivity index (χ1v) is 16.5. The molecule has 2 amide bonds. The van der Waals surface area contributed by atoms with Crippen molar-refractivity contribution in [1.29, 1.82) is 0 Å². The van der Waals surface area contributed by atoms with E-state index in [2.05, 4.69) is 29.2 Å². The molecule has 0 saturated heterocycles. The monoisotopic (exact) mass is 608 g/mol. The van der Waals surface area contributed by atoms with E-state index in [1.54, 1.807) is 47.6 Å². The van der Waals surface area contributed by atoms with E-state index in [0.717, 1.165) is 38.3 Å². The second-order valence-corrected chi connectivity index (χ2v) is 12.9. The molecule has 1 fully saturated rings. The average molecular weight is 609 g/mol. The zero-order valence-corrected chi connectivity index (χ0v) is 27.0. The van der Waals surface area contributed by atoms with Gasteiger partial charge in [0.05, 0.1) is 30.4 Å². The fraction of sp³-hybridized carbons (Fsp3) is 0.629. The molecule has 1 aromatic heterocycles. The summed E-state index contributed by atoms with van der Waals surface area (Å²) >= 11 is 0. The van der Waals surface area contributed by atoms with Gasteiger partial charge in [0.25, 0.3) is 11.8 Å². The summed E-state index contributed by atoms with van der Waals surface area (Å²) in [6.45, 7) is 8.80. The molecule has 44 heavy (non-hydrogen) atoms. The van der Waals surface area contributed by atoms with Gasteiger partial charge in [0, 0.05) is 55.8 Å². The van der Waals surface area contributed by atoms with Gasteiger partial charge in [-0.05, 0) is 89.2 Å². The van der Waals surface area contributed by atoms with Crippen LogP contribution in [0.4, 0.5) is 5.69 Å². The fourth-order valence-corrected chi connectivity index (χ4v) is 6.36. The average Bonchev–Trinajstić information content (AvgIpc) is 3.03. The van der Waals surface area contributed by atoms with Crippen LogP contribution in [0.2, 0.25) is 0 Å². The number of amides is 2. The van der Waals surface area contributed by atoms with E-state index in [-0.39, 0.29) is 36.5 Å². The third-order valence-corrected chi connectivity index (χ3v) is 9.04. The fourth-order valence-electron chi connectivity index (χ4n) is 6.36. The van der Waals surface area contributed by atoms with Crippen LogP contribution in [0.5, 0.6) is 5.75 Å². The van der Waals surface area contributed by atoms with E-state index in [4.69, 9.17) is 9.47 Å². The number of anilines is 1. The number of carbonyl (C=O) groups is 2. The van der Waals surface area contributed by atoms with Gasteiger partial charge in [-0.3, -0.25) is 14.6 Å². The smallest absolute Gasteiger partial charge is 0.258 e. The molecule has 9 heteroatoms. The molecule has 1 aliphatic heterocycles. The van der Waals surface area contributed by atoms with Crippen LogP contribution in [0.15, 0.2) is 42.7 Å². The molecule has 1 saturated carbocycles. The number of hydrogen-bond acceptors (Lipinski definition) is 7. The summed E-state index contributed by atoms with van der Waals surface area (Å²) in [7, 11) is 2.19. The molecular formula is C35H52N4O5. The molecule has 0 bridgehead atoms. The van der Waals surface area contributed by atoms with Crippen LogP contribution in [0.1, 0.15) is 92.9 Å². The number of benzene rings is 1. The van der Waals surface area contributed by atoms with Crippen LogP contribution in [-0.2, 0) is 4.74 Å². The number of nitrogens with zero attached hydrogens (tertiary/aromatic N) is 3. The Kier molecular flexibility index (Phi) is 13.0.